The number of halogens is 1. The lowest BCUT2D eigenvalue weighted by atomic mass is 9.99. The van der Waals surface area contributed by atoms with Crippen LogP contribution in [-0.2, 0) is 6.42 Å². The van der Waals surface area contributed by atoms with Crippen LogP contribution < -0.4 is 5.32 Å². The van der Waals surface area contributed by atoms with E-state index in [2.05, 4.69) is 33.2 Å². The summed E-state index contributed by atoms with van der Waals surface area (Å²) in [5.41, 5.74) is 4.21. The Hall–Kier alpha value is -2.20. The Balaban J connectivity index is 2.13. The molecule has 1 amide bonds. The monoisotopic (exact) mass is 368 g/mol. The quantitative estimate of drug-likeness (QED) is 0.696. The predicted molar refractivity (Wildman–Crippen MR) is 98.0 cm³/mol. The van der Waals surface area contributed by atoms with Crippen LogP contribution in [0.4, 0.5) is 5.69 Å². The highest BCUT2D eigenvalue weighted by Gasteiger charge is 2.17. The fraction of sp³-hybridized carbons (Fsp3) is 0.158. The molecule has 1 N–H and O–H groups in total. The van der Waals surface area contributed by atoms with Gasteiger partial charge in [-0.2, -0.15) is 0 Å². The zero-order valence-corrected chi connectivity index (χ0v) is 14.6. The van der Waals surface area contributed by atoms with Crippen LogP contribution in [0.15, 0.2) is 53.0 Å². The van der Waals surface area contributed by atoms with Crippen molar-refractivity contribution in [3.8, 4) is 0 Å². The first kappa shape index (κ1) is 15.7. The Labute approximate surface area is 143 Å². The van der Waals surface area contributed by atoms with E-state index in [4.69, 9.17) is 0 Å². The molecule has 4 heteroatoms. The van der Waals surface area contributed by atoms with Crippen molar-refractivity contribution in [2.45, 2.75) is 20.3 Å². The third-order valence-electron chi connectivity index (χ3n) is 3.92. The summed E-state index contributed by atoms with van der Waals surface area (Å²) in [4.78, 5) is 17.6. The molecule has 2 aromatic carbocycles. The van der Waals surface area contributed by atoms with E-state index in [1.807, 2.05) is 55.5 Å². The van der Waals surface area contributed by atoms with Crippen molar-refractivity contribution in [1.82, 2.24) is 4.98 Å². The maximum Gasteiger partial charge on any atom is 0.256 e. The van der Waals surface area contributed by atoms with Gasteiger partial charge >= 0.3 is 0 Å². The van der Waals surface area contributed by atoms with E-state index < -0.39 is 0 Å². The van der Waals surface area contributed by atoms with Crippen molar-refractivity contribution >= 4 is 38.4 Å². The minimum Gasteiger partial charge on any atom is -0.321 e. The number of pyridine rings is 1. The zero-order valence-electron chi connectivity index (χ0n) is 13.1. The molecule has 3 nitrogen and oxygen atoms in total. The van der Waals surface area contributed by atoms with E-state index in [1.54, 1.807) is 0 Å². The van der Waals surface area contributed by atoms with E-state index in [-0.39, 0.29) is 5.91 Å². The van der Waals surface area contributed by atoms with Gasteiger partial charge in [0.2, 0.25) is 0 Å². The Kier molecular flexibility index (Phi) is 4.44. The van der Waals surface area contributed by atoms with Gasteiger partial charge in [0, 0.05) is 15.6 Å². The summed E-state index contributed by atoms with van der Waals surface area (Å²) in [7, 11) is 0. The summed E-state index contributed by atoms with van der Waals surface area (Å²) in [6, 6.07) is 15.4. The van der Waals surface area contributed by atoms with Gasteiger partial charge in [0.15, 0.2) is 0 Å². The van der Waals surface area contributed by atoms with Crippen LogP contribution in [0, 0.1) is 6.92 Å². The minimum absolute atomic E-state index is 0.109. The van der Waals surface area contributed by atoms with Crippen molar-refractivity contribution in [3.63, 3.8) is 0 Å². The van der Waals surface area contributed by atoms with Gasteiger partial charge in [0.25, 0.3) is 5.91 Å². The summed E-state index contributed by atoms with van der Waals surface area (Å²) >= 11 is 3.47. The van der Waals surface area contributed by atoms with Crippen molar-refractivity contribution in [2.24, 2.45) is 0 Å². The second kappa shape index (κ2) is 6.50. The fourth-order valence-electron chi connectivity index (χ4n) is 2.74. The summed E-state index contributed by atoms with van der Waals surface area (Å²) in [5.74, 6) is -0.109. The van der Waals surface area contributed by atoms with E-state index in [0.29, 0.717) is 5.56 Å². The molecule has 0 radical (unpaired) electrons. The molecule has 1 heterocycles. The maximum atomic E-state index is 12.9. The summed E-state index contributed by atoms with van der Waals surface area (Å²) in [6.07, 6.45) is 0.798. The van der Waals surface area contributed by atoms with Gasteiger partial charge in [-0.3, -0.25) is 9.78 Å². The predicted octanol–water partition coefficient (Wildman–Crippen LogP) is 5.12. The van der Waals surface area contributed by atoms with Crippen LogP contribution in [0.25, 0.3) is 10.9 Å². The largest absolute Gasteiger partial charge is 0.321 e. The SMILES string of the molecule is CCc1nc2ccccc2c(C(=O)Nc2ccccc2Br)c1C. The third-order valence-corrected chi connectivity index (χ3v) is 4.61. The number of hydrogen-bond donors (Lipinski definition) is 1. The van der Waals surface area contributed by atoms with Gasteiger partial charge < -0.3 is 5.32 Å². The zero-order chi connectivity index (χ0) is 16.4. The highest BCUT2D eigenvalue weighted by Crippen LogP contribution is 2.26. The van der Waals surface area contributed by atoms with E-state index >= 15 is 0 Å². The smallest absolute Gasteiger partial charge is 0.256 e. The van der Waals surface area contributed by atoms with Gasteiger partial charge in [-0.05, 0) is 53.0 Å². The second-order valence-electron chi connectivity index (χ2n) is 5.36. The lowest BCUT2D eigenvalue weighted by Gasteiger charge is -2.14. The number of carbonyl (C=O) groups excluding carboxylic acids is 1. The molecule has 0 aliphatic rings. The van der Waals surface area contributed by atoms with Crippen molar-refractivity contribution in [1.29, 1.82) is 0 Å². The first-order valence-electron chi connectivity index (χ1n) is 7.56. The number of hydrogen-bond acceptors (Lipinski definition) is 2. The Morgan fingerprint density at radius 2 is 1.83 bits per heavy atom. The highest BCUT2D eigenvalue weighted by molar-refractivity contribution is 9.10. The van der Waals surface area contributed by atoms with Crippen molar-refractivity contribution < 1.29 is 4.79 Å². The molecule has 0 fully saturated rings. The summed E-state index contributed by atoms with van der Waals surface area (Å²) < 4.78 is 0.861. The van der Waals surface area contributed by atoms with Crippen molar-refractivity contribution in [3.05, 3.63) is 69.8 Å². The summed E-state index contributed by atoms with van der Waals surface area (Å²) in [6.45, 7) is 4.02. The van der Waals surface area contributed by atoms with Gasteiger partial charge in [-0.25, -0.2) is 0 Å². The molecule has 116 valence electrons. The average Bonchev–Trinajstić information content (AvgIpc) is 2.56. The molecule has 23 heavy (non-hydrogen) atoms. The number of fused-ring (bicyclic) bond motifs is 1. The average molecular weight is 369 g/mol. The topological polar surface area (TPSA) is 42.0 Å². The number of aromatic nitrogens is 1. The van der Waals surface area contributed by atoms with Gasteiger partial charge in [0.1, 0.15) is 0 Å². The van der Waals surface area contributed by atoms with Crippen LogP contribution in [-0.4, -0.2) is 10.9 Å². The second-order valence-corrected chi connectivity index (χ2v) is 6.22. The van der Waals surface area contributed by atoms with Crippen LogP contribution in [0.1, 0.15) is 28.5 Å². The lowest BCUT2D eigenvalue weighted by molar-refractivity contribution is 0.102. The van der Waals surface area contributed by atoms with Crippen LogP contribution in [0.3, 0.4) is 0 Å². The Morgan fingerprint density at radius 3 is 2.57 bits per heavy atom. The first-order valence-corrected chi connectivity index (χ1v) is 8.35. The number of amides is 1. The maximum absolute atomic E-state index is 12.9. The molecule has 3 aromatic rings. The highest BCUT2D eigenvalue weighted by atomic mass is 79.9. The third kappa shape index (κ3) is 2.99. The van der Waals surface area contributed by atoms with Crippen LogP contribution in [0.2, 0.25) is 0 Å². The molecule has 0 saturated heterocycles. The number of carbonyl (C=O) groups is 1. The molecular formula is C19H17BrN2O. The number of rotatable bonds is 3. The summed E-state index contributed by atoms with van der Waals surface area (Å²) in [5, 5.41) is 3.88. The molecule has 0 aliphatic heterocycles. The molecule has 1 aromatic heterocycles. The molecule has 3 rings (SSSR count). The standard InChI is InChI=1S/C19H17BrN2O/c1-3-15-12(2)18(13-8-4-6-10-16(13)21-15)19(23)22-17-11-7-5-9-14(17)20/h4-11H,3H2,1-2H3,(H,22,23). The molecule has 0 saturated carbocycles. The number of benzene rings is 2. The van der Waals surface area contributed by atoms with E-state index in [1.165, 1.54) is 0 Å². The van der Waals surface area contributed by atoms with Gasteiger partial charge in [0.05, 0.1) is 16.8 Å². The fourth-order valence-corrected chi connectivity index (χ4v) is 3.13. The molecule has 0 spiro atoms. The van der Waals surface area contributed by atoms with Gasteiger partial charge in [-0.1, -0.05) is 37.3 Å². The molecule has 0 atom stereocenters. The normalized spacial score (nSPS) is 10.7. The van der Waals surface area contributed by atoms with Crippen LogP contribution in [0.5, 0.6) is 0 Å². The van der Waals surface area contributed by atoms with E-state index in [9.17, 15) is 4.79 Å². The molecule has 0 aliphatic carbocycles. The number of aryl methyl sites for hydroxylation is 1. The number of anilines is 1. The first-order chi connectivity index (χ1) is 11.1. The number of nitrogens with one attached hydrogen (secondary N) is 1. The minimum atomic E-state index is -0.109. The molecule has 0 bridgehead atoms. The number of nitrogens with zero attached hydrogens (tertiary/aromatic N) is 1. The lowest BCUT2D eigenvalue weighted by Crippen LogP contribution is -2.16. The van der Waals surface area contributed by atoms with E-state index in [0.717, 1.165) is 38.7 Å². The molecule has 0 unspecified atom stereocenters. The Bertz CT molecular complexity index is 890. The molecular weight excluding hydrogens is 352 g/mol. The van der Waals surface area contributed by atoms with Gasteiger partial charge in [-0.15, -0.1) is 0 Å². The van der Waals surface area contributed by atoms with Crippen LogP contribution >= 0.6 is 15.9 Å². The number of para-hydroxylation sites is 2. The Morgan fingerprint density at radius 1 is 1.13 bits per heavy atom. The van der Waals surface area contributed by atoms with Crippen molar-refractivity contribution in [2.75, 3.05) is 5.32 Å².